The first kappa shape index (κ1) is 17.8. The van der Waals surface area contributed by atoms with Crippen molar-refractivity contribution in [3.8, 4) is 5.75 Å². The van der Waals surface area contributed by atoms with Crippen LogP contribution in [0.3, 0.4) is 0 Å². The third-order valence-corrected chi connectivity index (χ3v) is 3.49. The summed E-state index contributed by atoms with van der Waals surface area (Å²) in [6, 6.07) is 3.08. The number of amides is 2. The number of aryl methyl sites for hydroxylation is 1. The highest BCUT2D eigenvalue weighted by Gasteiger charge is 2.16. The number of ether oxygens (including phenoxy) is 1. The van der Waals surface area contributed by atoms with Crippen molar-refractivity contribution in [2.75, 3.05) is 19.0 Å². The van der Waals surface area contributed by atoms with E-state index >= 15 is 0 Å². The van der Waals surface area contributed by atoms with Gasteiger partial charge in [-0.1, -0.05) is 29.8 Å². The fourth-order valence-corrected chi connectivity index (χ4v) is 2.67. The number of carbonyl (C=O) groups excluding carboxylic acids is 1. The number of hydrogen-bond donors (Lipinski definition) is 3. The van der Waals surface area contributed by atoms with E-state index in [-0.39, 0.29) is 18.7 Å². The number of aliphatic hydroxyl groups is 1. The quantitative estimate of drug-likeness (QED) is 0.730. The number of aliphatic hydroxyl groups excluding tert-OH is 1. The lowest BCUT2D eigenvalue weighted by molar-refractivity contribution is 0.214. The molecule has 118 valence electrons. The molecule has 6 heteroatoms. The standard InChI is InChI=1S/C15H23BrN2O3/c1-9(2)5-12(8-19)17-15(20)18-14-10(3)6-11(16)7-13(14)21-4/h6-7,9,12,19H,5,8H2,1-4H3,(H2,17,18,20). The molecule has 0 bridgehead atoms. The lowest BCUT2D eigenvalue weighted by atomic mass is 10.0. The summed E-state index contributed by atoms with van der Waals surface area (Å²) in [5.41, 5.74) is 1.51. The van der Waals surface area contributed by atoms with Crippen LogP contribution in [0.2, 0.25) is 0 Å². The third kappa shape index (κ3) is 5.55. The Labute approximate surface area is 134 Å². The fourth-order valence-electron chi connectivity index (χ4n) is 2.12. The van der Waals surface area contributed by atoms with E-state index in [9.17, 15) is 9.90 Å². The van der Waals surface area contributed by atoms with Crippen LogP contribution in [-0.2, 0) is 0 Å². The molecule has 1 aromatic rings. The lowest BCUT2D eigenvalue weighted by Crippen LogP contribution is -2.41. The van der Waals surface area contributed by atoms with E-state index in [1.165, 1.54) is 0 Å². The Bertz CT molecular complexity index is 492. The summed E-state index contributed by atoms with van der Waals surface area (Å²) in [4.78, 5) is 12.1. The Kier molecular flexibility index (Phi) is 6.98. The Hall–Kier alpha value is -1.27. The predicted molar refractivity (Wildman–Crippen MR) is 87.9 cm³/mol. The minimum atomic E-state index is -0.349. The van der Waals surface area contributed by atoms with Gasteiger partial charge in [-0.2, -0.15) is 0 Å². The zero-order valence-corrected chi connectivity index (χ0v) is 14.5. The second kappa shape index (κ2) is 8.24. The summed E-state index contributed by atoms with van der Waals surface area (Å²) in [5.74, 6) is 0.979. The van der Waals surface area contributed by atoms with Crippen molar-refractivity contribution in [1.82, 2.24) is 5.32 Å². The molecule has 0 fully saturated rings. The number of anilines is 1. The number of hydrogen-bond acceptors (Lipinski definition) is 3. The number of benzene rings is 1. The van der Waals surface area contributed by atoms with E-state index in [1.54, 1.807) is 13.2 Å². The normalized spacial score (nSPS) is 12.1. The first-order chi connectivity index (χ1) is 9.87. The van der Waals surface area contributed by atoms with Crippen molar-refractivity contribution in [1.29, 1.82) is 0 Å². The third-order valence-electron chi connectivity index (χ3n) is 3.03. The van der Waals surface area contributed by atoms with Gasteiger partial charge in [-0.15, -0.1) is 0 Å². The molecule has 1 rings (SSSR count). The highest BCUT2D eigenvalue weighted by atomic mass is 79.9. The van der Waals surface area contributed by atoms with Crippen LogP contribution in [0.1, 0.15) is 25.8 Å². The van der Waals surface area contributed by atoms with Crippen molar-refractivity contribution >= 4 is 27.6 Å². The predicted octanol–water partition coefficient (Wildman–Crippen LogP) is 3.29. The molecule has 0 radical (unpaired) electrons. The van der Waals surface area contributed by atoms with Crippen LogP contribution >= 0.6 is 15.9 Å². The lowest BCUT2D eigenvalue weighted by Gasteiger charge is -2.20. The van der Waals surface area contributed by atoms with Crippen molar-refractivity contribution in [2.24, 2.45) is 5.92 Å². The molecule has 21 heavy (non-hydrogen) atoms. The smallest absolute Gasteiger partial charge is 0.319 e. The molecule has 0 aromatic heterocycles. The van der Waals surface area contributed by atoms with E-state index in [1.807, 2.05) is 26.8 Å². The van der Waals surface area contributed by atoms with Gasteiger partial charge in [-0.25, -0.2) is 4.79 Å². The molecule has 2 amide bonds. The molecule has 1 aromatic carbocycles. The number of nitrogens with one attached hydrogen (secondary N) is 2. The van der Waals surface area contributed by atoms with Crippen LogP contribution < -0.4 is 15.4 Å². The van der Waals surface area contributed by atoms with Gasteiger partial charge in [-0.05, 0) is 37.0 Å². The van der Waals surface area contributed by atoms with Crippen LogP contribution in [0.25, 0.3) is 0 Å². The Morgan fingerprint density at radius 1 is 1.43 bits per heavy atom. The van der Waals surface area contributed by atoms with Gasteiger partial charge >= 0.3 is 6.03 Å². The van der Waals surface area contributed by atoms with Gasteiger partial charge in [0.15, 0.2) is 0 Å². The second-order valence-electron chi connectivity index (χ2n) is 5.41. The van der Waals surface area contributed by atoms with E-state index in [0.717, 1.165) is 16.5 Å². The highest BCUT2D eigenvalue weighted by molar-refractivity contribution is 9.10. The molecule has 0 saturated carbocycles. The van der Waals surface area contributed by atoms with E-state index in [2.05, 4.69) is 26.6 Å². The molecular weight excluding hydrogens is 336 g/mol. The van der Waals surface area contributed by atoms with Gasteiger partial charge in [0, 0.05) is 4.47 Å². The van der Waals surface area contributed by atoms with Crippen molar-refractivity contribution in [2.45, 2.75) is 33.2 Å². The van der Waals surface area contributed by atoms with Crippen molar-refractivity contribution < 1.29 is 14.6 Å². The minimum Gasteiger partial charge on any atom is -0.495 e. The summed E-state index contributed by atoms with van der Waals surface area (Å²) in [6.07, 6.45) is 0.723. The van der Waals surface area contributed by atoms with Crippen LogP contribution in [0.5, 0.6) is 5.75 Å². The second-order valence-corrected chi connectivity index (χ2v) is 6.32. The molecule has 0 saturated heterocycles. The van der Waals surface area contributed by atoms with Gasteiger partial charge < -0.3 is 20.5 Å². The molecule has 0 heterocycles. The molecule has 5 nitrogen and oxygen atoms in total. The largest absolute Gasteiger partial charge is 0.495 e. The first-order valence-corrected chi connectivity index (χ1v) is 7.69. The number of rotatable bonds is 6. The average Bonchev–Trinajstić information content (AvgIpc) is 2.40. The molecule has 0 aliphatic heterocycles. The van der Waals surface area contributed by atoms with Crippen LogP contribution in [0.4, 0.5) is 10.5 Å². The minimum absolute atomic E-state index is 0.0813. The van der Waals surface area contributed by atoms with Crippen molar-refractivity contribution in [3.05, 3.63) is 22.2 Å². The maximum atomic E-state index is 12.1. The van der Waals surface area contributed by atoms with Gasteiger partial charge in [0.25, 0.3) is 0 Å². The Balaban J connectivity index is 2.79. The molecule has 1 atom stereocenters. The number of urea groups is 1. The van der Waals surface area contributed by atoms with Crippen LogP contribution in [0.15, 0.2) is 16.6 Å². The molecule has 0 spiro atoms. The molecule has 1 unspecified atom stereocenters. The number of halogens is 1. The topological polar surface area (TPSA) is 70.6 Å². The van der Waals surface area contributed by atoms with Gasteiger partial charge in [0.2, 0.25) is 0 Å². The molecule has 0 aliphatic rings. The van der Waals surface area contributed by atoms with E-state index in [4.69, 9.17) is 4.74 Å². The first-order valence-electron chi connectivity index (χ1n) is 6.89. The Morgan fingerprint density at radius 3 is 2.62 bits per heavy atom. The Morgan fingerprint density at radius 2 is 2.10 bits per heavy atom. The zero-order valence-electron chi connectivity index (χ0n) is 12.9. The molecular formula is C15H23BrN2O3. The summed E-state index contributed by atoms with van der Waals surface area (Å²) >= 11 is 3.39. The maximum absolute atomic E-state index is 12.1. The van der Waals surface area contributed by atoms with Crippen LogP contribution in [-0.4, -0.2) is 30.9 Å². The van der Waals surface area contributed by atoms with E-state index < -0.39 is 0 Å². The number of carbonyl (C=O) groups is 1. The monoisotopic (exact) mass is 358 g/mol. The summed E-state index contributed by atoms with van der Waals surface area (Å²) in [5, 5.41) is 14.9. The summed E-state index contributed by atoms with van der Waals surface area (Å²) < 4.78 is 6.17. The highest BCUT2D eigenvalue weighted by Crippen LogP contribution is 2.31. The zero-order chi connectivity index (χ0) is 16.0. The SMILES string of the molecule is COc1cc(Br)cc(C)c1NC(=O)NC(CO)CC(C)C. The van der Waals surface area contributed by atoms with Crippen molar-refractivity contribution in [3.63, 3.8) is 0 Å². The summed E-state index contributed by atoms with van der Waals surface area (Å²) in [7, 11) is 1.56. The molecule has 3 N–H and O–H groups in total. The summed E-state index contributed by atoms with van der Waals surface area (Å²) in [6.45, 7) is 5.90. The van der Waals surface area contributed by atoms with Gasteiger partial charge in [0.1, 0.15) is 5.75 Å². The van der Waals surface area contributed by atoms with E-state index in [0.29, 0.717) is 17.4 Å². The van der Waals surface area contributed by atoms with Gasteiger partial charge in [-0.3, -0.25) is 0 Å². The van der Waals surface area contributed by atoms with Crippen LogP contribution in [0, 0.1) is 12.8 Å². The fraction of sp³-hybridized carbons (Fsp3) is 0.533. The molecule has 0 aliphatic carbocycles. The van der Waals surface area contributed by atoms with Gasteiger partial charge in [0.05, 0.1) is 25.4 Å². The number of methoxy groups -OCH3 is 1. The maximum Gasteiger partial charge on any atom is 0.319 e. The average molecular weight is 359 g/mol.